The van der Waals surface area contributed by atoms with Gasteiger partial charge in [-0.3, -0.25) is 4.79 Å². The zero-order valence-electron chi connectivity index (χ0n) is 7.75. The molecule has 0 amide bonds. The van der Waals surface area contributed by atoms with Crippen molar-refractivity contribution in [2.24, 2.45) is 0 Å². The molecule has 1 rings (SSSR count). The number of carbonyl (C=O) groups is 1. The number of alkyl halides is 1. The third kappa shape index (κ3) is 2.31. The molecule has 0 bridgehead atoms. The summed E-state index contributed by atoms with van der Waals surface area (Å²) >= 11 is 3.17. The lowest BCUT2D eigenvalue weighted by atomic mass is 10.1. The molecule has 0 aromatic heterocycles. The van der Waals surface area contributed by atoms with Crippen LogP contribution < -0.4 is 4.90 Å². The summed E-state index contributed by atoms with van der Waals surface area (Å²) in [6.07, 6.45) is 0. The molecule has 0 N–H and O–H groups in total. The number of Topliss-reactive ketones (excluding diaryl/α,β-unsaturated/α-hetero) is 1. The second-order valence-electron chi connectivity index (χ2n) is 2.97. The van der Waals surface area contributed by atoms with Crippen molar-refractivity contribution < 1.29 is 4.79 Å². The van der Waals surface area contributed by atoms with Crippen LogP contribution >= 0.6 is 15.9 Å². The summed E-state index contributed by atoms with van der Waals surface area (Å²) in [5, 5.41) is 0.373. The Hall–Kier alpha value is -0.830. The number of nitrogens with zero attached hydrogens (tertiary/aromatic N) is 1. The number of halogens is 1. The van der Waals surface area contributed by atoms with E-state index < -0.39 is 0 Å². The lowest BCUT2D eigenvalue weighted by Crippen LogP contribution is -2.14. The Labute approximate surface area is 86.7 Å². The zero-order valence-corrected chi connectivity index (χ0v) is 9.34. The van der Waals surface area contributed by atoms with Crippen molar-refractivity contribution in [1.29, 1.82) is 0 Å². The first-order chi connectivity index (χ1) is 6.16. The molecule has 2 nitrogen and oxygen atoms in total. The second kappa shape index (κ2) is 4.42. The van der Waals surface area contributed by atoms with Gasteiger partial charge in [-0.1, -0.05) is 28.1 Å². The number of carbonyl (C=O) groups excluding carboxylic acids is 1. The van der Waals surface area contributed by atoms with Crippen LogP contribution in [0.1, 0.15) is 10.4 Å². The molecule has 0 aliphatic rings. The molecular formula is C10H12BrNO. The van der Waals surface area contributed by atoms with E-state index in [-0.39, 0.29) is 5.78 Å². The highest BCUT2D eigenvalue weighted by Crippen LogP contribution is 2.18. The summed E-state index contributed by atoms with van der Waals surface area (Å²) in [6.45, 7) is 0. The molecule has 3 heteroatoms. The van der Waals surface area contributed by atoms with Gasteiger partial charge in [-0.05, 0) is 12.1 Å². The summed E-state index contributed by atoms with van der Waals surface area (Å²) < 4.78 is 0. The van der Waals surface area contributed by atoms with E-state index >= 15 is 0 Å². The van der Waals surface area contributed by atoms with Gasteiger partial charge in [0.15, 0.2) is 5.78 Å². The maximum atomic E-state index is 11.5. The predicted octanol–water partition coefficient (Wildman–Crippen LogP) is 2.33. The van der Waals surface area contributed by atoms with Crippen molar-refractivity contribution in [2.45, 2.75) is 0 Å². The fraction of sp³-hybridized carbons (Fsp3) is 0.300. The molecule has 0 saturated heterocycles. The SMILES string of the molecule is CN(C)c1ccccc1C(=O)CBr. The minimum Gasteiger partial charge on any atom is -0.377 e. The van der Waals surface area contributed by atoms with E-state index in [1.807, 2.05) is 43.3 Å². The van der Waals surface area contributed by atoms with E-state index in [2.05, 4.69) is 15.9 Å². The van der Waals surface area contributed by atoms with Crippen molar-refractivity contribution in [3.05, 3.63) is 29.8 Å². The van der Waals surface area contributed by atoms with Gasteiger partial charge in [0.05, 0.1) is 5.33 Å². The van der Waals surface area contributed by atoms with Gasteiger partial charge in [-0.25, -0.2) is 0 Å². The van der Waals surface area contributed by atoms with Crippen molar-refractivity contribution in [3.8, 4) is 0 Å². The molecule has 0 atom stereocenters. The lowest BCUT2D eigenvalue weighted by molar-refractivity contribution is 0.102. The van der Waals surface area contributed by atoms with Gasteiger partial charge in [-0.15, -0.1) is 0 Å². The maximum Gasteiger partial charge on any atom is 0.175 e. The van der Waals surface area contributed by atoms with Gasteiger partial charge in [-0.2, -0.15) is 0 Å². The van der Waals surface area contributed by atoms with Crippen LogP contribution in [-0.2, 0) is 0 Å². The average Bonchev–Trinajstić information content (AvgIpc) is 2.16. The van der Waals surface area contributed by atoms with Gasteiger partial charge in [0.1, 0.15) is 0 Å². The van der Waals surface area contributed by atoms with Gasteiger partial charge >= 0.3 is 0 Å². The fourth-order valence-electron chi connectivity index (χ4n) is 1.17. The number of ketones is 1. The van der Waals surface area contributed by atoms with Crippen LogP contribution in [0.4, 0.5) is 5.69 Å². The molecule has 0 heterocycles. The van der Waals surface area contributed by atoms with Crippen molar-refractivity contribution in [1.82, 2.24) is 0 Å². The summed E-state index contributed by atoms with van der Waals surface area (Å²) in [5.41, 5.74) is 1.73. The summed E-state index contributed by atoms with van der Waals surface area (Å²) in [5.74, 6) is 0.115. The highest BCUT2D eigenvalue weighted by Gasteiger charge is 2.09. The highest BCUT2D eigenvalue weighted by molar-refractivity contribution is 9.09. The first-order valence-electron chi connectivity index (χ1n) is 4.02. The zero-order chi connectivity index (χ0) is 9.84. The average molecular weight is 242 g/mol. The maximum absolute atomic E-state index is 11.5. The topological polar surface area (TPSA) is 20.3 Å². The Morgan fingerprint density at radius 3 is 2.54 bits per heavy atom. The van der Waals surface area contributed by atoms with E-state index in [1.54, 1.807) is 0 Å². The third-order valence-electron chi connectivity index (χ3n) is 1.81. The van der Waals surface area contributed by atoms with E-state index in [4.69, 9.17) is 0 Å². The fourth-order valence-corrected chi connectivity index (χ4v) is 1.47. The molecule has 13 heavy (non-hydrogen) atoms. The Balaban J connectivity index is 3.12. The molecule has 0 spiro atoms. The monoisotopic (exact) mass is 241 g/mol. The number of hydrogen-bond donors (Lipinski definition) is 0. The number of rotatable bonds is 3. The summed E-state index contributed by atoms with van der Waals surface area (Å²) in [7, 11) is 3.86. The van der Waals surface area contributed by atoms with Crippen LogP contribution in [-0.4, -0.2) is 25.2 Å². The molecule has 0 aliphatic heterocycles. The van der Waals surface area contributed by atoms with Gasteiger partial charge in [0.25, 0.3) is 0 Å². The third-order valence-corrected chi connectivity index (χ3v) is 2.32. The normalized spacial score (nSPS) is 9.77. The molecule has 0 radical (unpaired) electrons. The van der Waals surface area contributed by atoms with E-state index in [1.165, 1.54) is 0 Å². The van der Waals surface area contributed by atoms with Crippen LogP contribution in [0.2, 0.25) is 0 Å². The molecule has 1 aromatic rings. The number of para-hydroxylation sites is 1. The minimum atomic E-state index is 0.115. The standard InChI is InChI=1S/C10H12BrNO/c1-12(2)9-6-4-3-5-8(9)10(13)7-11/h3-6H,7H2,1-2H3. The van der Waals surface area contributed by atoms with E-state index in [0.29, 0.717) is 5.33 Å². The van der Waals surface area contributed by atoms with Crippen molar-refractivity contribution >= 4 is 27.4 Å². The predicted molar refractivity (Wildman–Crippen MR) is 58.9 cm³/mol. The Morgan fingerprint density at radius 1 is 1.38 bits per heavy atom. The summed E-state index contributed by atoms with van der Waals surface area (Å²) in [6, 6.07) is 7.60. The minimum absolute atomic E-state index is 0.115. The lowest BCUT2D eigenvalue weighted by Gasteiger charge is -2.15. The molecule has 1 aromatic carbocycles. The van der Waals surface area contributed by atoms with E-state index in [0.717, 1.165) is 11.3 Å². The molecule has 70 valence electrons. The van der Waals surface area contributed by atoms with Crippen LogP contribution in [0.15, 0.2) is 24.3 Å². The van der Waals surface area contributed by atoms with Gasteiger partial charge in [0.2, 0.25) is 0 Å². The van der Waals surface area contributed by atoms with E-state index in [9.17, 15) is 4.79 Å². The Bertz CT molecular complexity index is 310. The number of anilines is 1. The molecule has 0 fully saturated rings. The second-order valence-corrected chi connectivity index (χ2v) is 3.53. The Morgan fingerprint density at radius 2 is 2.00 bits per heavy atom. The van der Waals surface area contributed by atoms with Crippen LogP contribution in [0.5, 0.6) is 0 Å². The van der Waals surface area contributed by atoms with Crippen molar-refractivity contribution in [2.75, 3.05) is 24.3 Å². The van der Waals surface area contributed by atoms with Crippen molar-refractivity contribution in [3.63, 3.8) is 0 Å². The van der Waals surface area contributed by atoms with Gasteiger partial charge in [0, 0.05) is 25.3 Å². The van der Waals surface area contributed by atoms with Crippen LogP contribution in [0, 0.1) is 0 Å². The van der Waals surface area contributed by atoms with Gasteiger partial charge < -0.3 is 4.90 Å². The molecule has 0 saturated carbocycles. The Kier molecular flexibility index (Phi) is 3.48. The molecule has 0 aliphatic carbocycles. The quantitative estimate of drug-likeness (QED) is 0.599. The van der Waals surface area contributed by atoms with Crippen LogP contribution in [0.3, 0.4) is 0 Å². The first-order valence-corrected chi connectivity index (χ1v) is 5.14. The summed E-state index contributed by atoms with van der Waals surface area (Å²) in [4.78, 5) is 13.4. The number of benzene rings is 1. The smallest absolute Gasteiger partial charge is 0.175 e. The van der Waals surface area contributed by atoms with Crippen LogP contribution in [0.25, 0.3) is 0 Å². The number of hydrogen-bond acceptors (Lipinski definition) is 2. The molecular weight excluding hydrogens is 230 g/mol. The molecule has 0 unspecified atom stereocenters. The first kappa shape index (κ1) is 10.3. The highest BCUT2D eigenvalue weighted by atomic mass is 79.9. The largest absolute Gasteiger partial charge is 0.377 e.